The molecule has 1 amide bonds. The highest BCUT2D eigenvalue weighted by atomic mass is 16.3. The first kappa shape index (κ1) is 16.4. The molecule has 0 rings (SSSR count). The molecule has 17 heavy (non-hydrogen) atoms. The molecule has 0 fully saturated rings. The lowest BCUT2D eigenvalue weighted by molar-refractivity contribution is -0.121. The van der Waals surface area contributed by atoms with Gasteiger partial charge in [-0.1, -0.05) is 27.7 Å². The maximum atomic E-state index is 11.5. The number of carbonyl (C=O) groups excluding carboxylic acids is 1. The quantitative estimate of drug-likeness (QED) is 0.573. The molecule has 3 N–H and O–H groups in total. The van der Waals surface area contributed by atoms with Gasteiger partial charge in [0.1, 0.15) is 0 Å². The van der Waals surface area contributed by atoms with Gasteiger partial charge in [-0.05, 0) is 25.2 Å². The molecule has 0 aromatic rings. The van der Waals surface area contributed by atoms with Gasteiger partial charge in [0.25, 0.3) is 0 Å². The number of carbonyl (C=O) groups is 1. The summed E-state index contributed by atoms with van der Waals surface area (Å²) >= 11 is 0. The molecule has 102 valence electrons. The number of amides is 1. The summed E-state index contributed by atoms with van der Waals surface area (Å²) in [7, 11) is 0. The van der Waals surface area contributed by atoms with E-state index in [1.165, 1.54) is 0 Å². The molecule has 0 aliphatic heterocycles. The number of rotatable bonds is 9. The van der Waals surface area contributed by atoms with Crippen LogP contribution in [0.1, 0.15) is 47.0 Å². The average molecular weight is 244 g/mol. The SMILES string of the molecule is CCC(CC)NC(=O)CNCC(O)CC(C)C. The fourth-order valence-corrected chi connectivity index (χ4v) is 1.75. The summed E-state index contributed by atoms with van der Waals surface area (Å²) in [5, 5.41) is 15.5. The molecule has 0 aliphatic carbocycles. The van der Waals surface area contributed by atoms with Gasteiger partial charge >= 0.3 is 0 Å². The highest BCUT2D eigenvalue weighted by Crippen LogP contribution is 2.02. The molecule has 1 unspecified atom stereocenters. The van der Waals surface area contributed by atoms with E-state index in [9.17, 15) is 9.90 Å². The Morgan fingerprint density at radius 2 is 1.82 bits per heavy atom. The zero-order valence-corrected chi connectivity index (χ0v) is 11.6. The Bertz CT molecular complexity index is 204. The zero-order chi connectivity index (χ0) is 13.3. The van der Waals surface area contributed by atoms with Crippen LogP contribution in [-0.4, -0.2) is 36.2 Å². The highest BCUT2D eigenvalue weighted by Gasteiger charge is 2.10. The monoisotopic (exact) mass is 244 g/mol. The molecule has 0 aliphatic rings. The Hall–Kier alpha value is -0.610. The van der Waals surface area contributed by atoms with Crippen molar-refractivity contribution in [2.75, 3.05) is 13.1 Å². The number of aliphatic hydroxyl groups excluding tert-OH is 1. The van der Waals surface area contributed by atoms with Gasteiger partial charge in [-0.2, -0.15) is 0 Å². The van der Waals surface area contributed by atoms with Gasteiger partial charge in [-0.15, -0.1) is 0 Å². The van der Waals surface area contributed by atoms with Crippen LogP contribution in [-0.2, 0) is 4.79 Å². The van der Waals surface area contributed by atoms with Crippen molar-refractivity contribution in [1.82, 2.24) is 10.6 Å². The lowest BCUT2D eigenvalue weighted by atomic mass is 10.1. The van der Waals surface area contributed by atoms with E-state index in [0.717, 1.165) is 19.3 Å². The largest absolute Gasteiger partial charge is 0.392 e. The van der Waals surface area contributed by atoms with Gasteiger partial charge in [0, 0.05) is 12.6 Å². The standard InChI is InChI=1S/C13H28N2O2/c1-5-11(6-2)15-13(17)9-14-8-12(16)7-10(3)4/h10-12,14,16H,5-9H2,1-4H3,(H,15,17). The first-order valence-corrected chi connectivity index (χ1v) is 6.67. The van der Waals surface area contributed by atoms with E-state index in [1.807, 2.05) is 0 Å². The van der Waals surface area contributed by atoms with Crippen LogP contribution in [0.3, 0.4) is 0 Å². The van der Waals surface area contributed by atoms with Crippen LogP contribution in [0.5, 0.6) is 0 Å². The minimum Gasteiger partial charge on any atom is -0.392 e. The van der Waals surface area contributed by atoms with Crippen molar-refractivity contribution in [2.24, 2.45) is 5.92 Å². The third kappa shape index (κ3) is 9.12. The van der Waals surface area contributed by atoms with Crippen molar-refractivity contribution in [2.45, 2.75) is 59.1 Å². The molecule has 4 nitrogen and oxygen atoms in total. The van der Waals surface area contributed by atoms with E-state index >= 15 is 0 Å². The summed E-state index contributed by atoms with van der Waals surface area (Å²) in [5.41, 5.74) is 0. The minimum atomic E-state index is -0.365. The fraction of sp³-hybridized carbons (Fsp3) is 0.923. The first-order chi connectivity index (χ1) is 7.99. The van der Waals surface area contributed by atoms with Crippen LogP contribution < -0.4 is 10.6 Å². The summed E-state index contributed by atoms with van der Waals surface area (Å²) in [6.45, 7) is 9.04. The van der Waals surface area contributed by atoms with Gasteiger partial charge in [0.05, 0.1) is 12.6 Å². The van der Waals surface area contributed by atoms with Crippen molar-refractivity contribution >= 4 is 5.91 Å². The van der Waals surface area contributed by atoms with E-state index in [0.29, 0.717) is 12.5 Å². The number of nitrogens with one attached hydrogen (secondary N) is 2. The lowest BCUT2D eigenvalue weighted by Crippen LogP contribution is -2.41. The number of aliphatic hydroxyl groups is 1. The summed E-state index contributed by atoms with van der Waals surface area (Å²) in [6, 6.07) is 0.268. The van der Waals surface area contributed by atoms with Crippen molar-refractivity contribution in [3.05, 3.63) is 0 Å². The second-order valence-corrected chi connectivity index (χ2v) is 5.00. The van der Waals surface area contributed by atoms with Crippen molar-refractivity contribution in [1.29, 1.82) is 0 Å². The first-order valence-electron chi connectivity index (χ1n) is 6.67. The highest BCUT2D eigenvalue weighted by molar-refractivity contribution is 5.78. The summed E-state index contributed by atoms with van der Waals surface area (Å²) in [6.07, 6.45) is 2.31. The van der Waals surface area contributed by atoms with E-state index in [2.05, 4.69) is 38.3 Å². The van der Waals surface area contributed by atoms with Gasteiger partial charge in [-0.3, -0.25) is 4.79 Å². The van der Waals surface area contributed by atoms with Crippen LogP contribution >= 0.6 is 0 Å². The van der Waals surface area contributed by atoms with Crippen LogP contribution in [0, 0.1) is 5.92 Å². The predicted molar refractivity (Wildman–Crippen MR) is 70.8 cm³/mol. The van der Waals surface area contributed by atoms with E-state index in [4.69, 9.17) is 0 Å². The third-order valence-corrected chi connectivity index (χ3v) is 2.76. The molecule has 4 heteroatoms. The third-order valence-electron chi connectivity index (χ3n) is 2.76. The molecule has 0 aromatic heterocycles. The van der Waals surface area contributed by atoms with Gasteiger partial charge in [0.2, 0.25) is 5.91 Å². The Kier molecular flexibility index (Phi) is 9.09. The normalized spacial score (nSPS) is 13.1. The molecular formula is C13H28N2O2. The Labute approximate surface area is 105 Å². The number of hydrogen-bond donors (Lipinski definition) is 3. The maximum absolute atomic E-state index is 11.5. The molecule has 0 saturated carbocycles. The topological polar surface area (TPSA) is 61.4 Å². The second-order valence-electron chi connectivity index (χ2n) is 5.00. The van der Waals surface area contributed by atoms with Crippen LogP contribution in [0.4, 0.5) is 0 Å². The molecule has 0 bridgehead atoms. The van der Waals surface area contributed by atoms with Crippen molar-refractivity contribution < 1.29 is 9.90 Å². The Morgan fingerprint density at radius 1 is 1.24 bits per heavy atom. The van der Waals surface area contributed by atoms with Crippen LogP contribution in [0.15, 0.2) is 0 Å². The molecular weight excluding hydrogens is 216 g/mol. The molecule has 0 spiro atoms. The van der Waals surface area contributed by atoms with Gasteiger partial charge in [0.15, 0.2) is 0 Å². The van der Waals surface area contributed by atoms with Crippen LogP contribution in [0.25, 0.3) is 0 Å². The predicted octanol–water partition coefficient (Wildman–Crippen LogP) is 1.29. The Balaban J connectivity index is 3.63. The Morgan fingerprint density at radius 3 is 2.29 bits per heavy atom. The van der Waals surface area contributed by atoms with E-state index in [-0.39, 0.29) is 24.6 Å². The van der Waals surface area contributed by atoms with Crippen molar-refractivity contribution in [3.8, 4) is 0 Å². The minimum absolute atomic E-state index is 0.00967. The lowest BCUT2D eigenvalue weighted by Gasteiger charge is -2.16. The van der Waals surface area contributed by atoms with Crippen LogP contribution in [0.2, 0.25) is 0 Å². The number of hydrogen-bond acceptors (Lipinski definition) is 3. The zero-order valence-electron chi connectivity index (χ0n) is 11.6. The van der Waals surface area contributed by atoms with E-state index in [1.54, 1.807) is 0 Å². The molecule has 0 radical (unpaired) electrons. The van der Waals surface area contributed by atoms with Crippen molar-refractivity contribution in [3.63, 3.8) is 0 Å². The molecule has 1 atom stereocenters. The van der Waals surface area contributed by atoms with Gasteiger partial charge < -0.3 is 15.7 Å². The fourth-order valence-electron chi connectivity index (χ4n) is 1.75. The molecule has 0 heterocycles. The summed E-state index contributed by atoms with van der Waals surface area (Å²) < 4.78 is 0. The average Bonchev–Trinajstić information content (AvgIpc) is 2.24. The maximum Gasteiger partial charge on any atom is 0.234 e. The molecule has 0 saturated heterocycles. The second kappa shape index (κ2) is 9.42. The summed E-state index contributed by atoms with van der Waals surface area (Å²) in [5.74, 6) is 0.487. The smallest absolute Gasteiger partial charge is 0.234 e. The van der Waals surface area contributed by atoms with Gasteiger partial charge in [-0.25, -0.2) is 0 Å². The molecule has 0 aromatic carbocycles. The summed E-state index contributed by atoms with van der Waals surface area (Å²) in [4.78, 5) is 11.5. The van der Waals surface area contributed by atoms with E-state index < -0.39 is 0 Å².